The molecule has 51 heavy (non-hydrogen) atoms. The molecule has 2 aromatic carbocycles. The second-order valence-corrected chi connectivity index (χ2v) is 14.1. The van der Waals surface area contributed by atoms with Gasteiger partial charge in [-0.15, -0.1) is 0 Å². The number of hydrogen-bond donors (Lipinski definition) is 3. The van der Waals surface area contributed by atoms with Crippen molar-refractivity contribution in [3.8, 4) is 28.7 Å². The molecule has 272 valence electrons. The third-order valence-corrected chi connectivity index (χ3v) is 11.3. The number of methoxy groups -OCH3 is 2. The lowest BCUT2D eigenvalue weighted by atomic mass is 9.66. The molecule has 5 heterocycles. The van der Waals surface area contributed by atoms with Gasteiger partial charge in [-0.05, 0) is 60.9 Å². The molecule has 3 aromatic rings. The van der Waals surface area contributed by atoms with E-state index in [2.05, 4.69) is 0 Å². The number of rotatable bonds is 9. The van der Waals surface area contributed by atoms with Crippen LogP contribution in [0.5, 0.6) is 28.7 Å². The maximum Gasteiger partial charge on any atom is 0.310 e. The van der Waals surface area contributed by atoms with Crippen LogP contribution in [-0.2, 0) is 28.5 Å². The van der Waals surface area contributed by atoms with Gasteiger partial charge in [0.2, 0.25) is 12.5 Å². The maximum atomic E-state index is 13.7. The van der Waals surface area contributed by atoms with E-state index in [0.29, 0.717) is 50.4 Å². The van der Waals surface area contributed by atoms with E-state index in [1.807, 2.05) is 30.3 Å². The monoisotopic (exact) mass is 728 g/mol. The Morgan fingerprint density at radius 2 is 1.67 bits per heavy atom. The highest BCUT2D eigenvalue weighted by Crippen LogP contribution is 2.57. The quantitative estimate of drug-likeness (QED) is 0.273. The molecule has 1 aromatic heterocycles. The van der Waals surface area contributed by atoms with E-state index < -0.39 is 72.9 Å². The fourth-order valence-electron chi connectivity index (χ4n) is 7.70. The molecule has 5 aliphatic rings. The molecule has 16 heteroatoms. The molecule has 0 amide bonds. The van der Waals surface area contributed by atoms with Crippen molar-refractivity contribution in [3.05, 3.63) is 62.9 Å². The zero-order valence-electron chi connectivity index (χ0n) is 28.1. The molecule has 0 spiro atoms. The van der Waals surface area contributed by atoms with Crippen molar-refractivity contribution in [1.82, 2.24) is 0 Å². The highest BCUT2D eigenvalue weighted by molar-refractivity contribution is 7.15. The number of thiophene rings is 1. The highest BCUT2D eigenvalue weighted by atomic mass is 32.1. The van der Waals surface area contributed by atoms with Gasteiger partial charge in [-0.3, -0.25) is 4.79 Å². The van der Waals surface area contributed by atoms with Crippen molar-refractivity contribution >= 4 is 22.3 Å². The van der Waals surface area contributed by atoms with Gasteiger partial charge in [0.1, 0.15) is 30.5 Å². The third-order valence-electron chi connectivity index (χ3n) is 10.1. The van der Waals surface area contributed by atoms with Crippen molar-refractivity contribution in [1.29, 1.82) is 0 Å². The lowest BCUT2D eigenvalue weighted by Gasteiger charge is -2.47. The Morgan fingerprint density at radius 3 is 2.35 bits per heavy atom. The number of carbonyl (C=O) groups is 1. The number of benzene rings is 2. The minimum atomic E-state index is -1.45. The Kier molecular flexibility index (Phi) is 9.02. The Hall–Kier alpha value is -4.03. The molecule has 4 aliphatic heterocycles. The topological polar surface area (TPSA) is 181 Å². The van der Waals surface area contributed by atoms with Crippen molar-refractivity contribution in [2.75, 3.05) is 34.2 Å². The van der Waals surface area contributed by atoms with Gasteiger partial charge < -0.3 is 57.6 Å². The van der Waals surface area contributed by atoms with E-state index in [1.54, 1.807) is 25.1 Å². The van der Waals surface area contributed by atoms with E-state index in [1.165, 1.54) is 25.6 Å². The van der Waals surface area contributed by atoms with Gasteiger partial charge in [-0.2, -0.15) is 0 Å². The first kappa shape index (κ1) is 34.1. The summed E-state index contributed by atoms with van der Waals surface area (Å²) in [5.41, 5.74) is 2.06. The minimum absolute atomic E-state index is 0.0178. The van der Waals surface area contributed by atoms with E-state index in [9.17, 15) is 19.9 Å². The number of ether oxygens (including phenoxy) is 10. The first-order chi connectivity index (χ1) is 24.7. The number of nitrogens with one attached hydrogen (secondary N) is 1. The van der Waals surface area contributed by atoms with Crippen LogP contribution >= 0.6 is 11.3 Å². The van der Waals surface area contributed by atoms with E-state index in [0.717, 1.165) is 4.88 Å². The third kappa shape index (κ3) is 5.88. The van der Waals surface area contributed by atoms with Crippen LogP contribution in [0.1, 0.15) is 53.5 Å². The summed E-state index contributed by atoms with van der Waals surface area (Å²) in [5, 5.41) is 24.6. The summed E-state index contributed by atoms with van der Waals surface area (Å²) in [6.45, 7) is 3.75. The number of fused-ring (bicyclic) bond motifs is 4. The summed E-state index contributed by atoms with van der Waals surface area (Å²) < 4.78 is 59.3. The summed E-state index contributed by atoms with van der Waals surface area (Å²) in [6, 6.07) is 10.8. The van der Waals surface area contributed by atoms with Crippen molar-refractivity contribution in [3.63, 3.8) is 0 Å². The molecule has 0 saturated carbocycles. The molecule has 7 unspecified atom stereocenters. The second kappa shape index (κ2) is 13.5. The van der Waals surface area contributed by atoms with Crippen molar-refractivity contribution in [2.45, 2.75) is 69.0 Å². The summed E-state index contributed by atoms with van der Waals surface area (Å²) in [5.74, 6) is -0.212. The largest absolute Gasteiger partial charge is 0.493 e. The first-order valence-corrected chi connectivity index (χ1v) is 17.4. The molecule has 1 aliphatic carbocycles. The molecule has 15 nitrogen and oxygen atoms in total. The van der Waals surface area contributed by atoms with Crippen LogP contribution in [0.3, 0.4) is 0 Å². The van der Waals surface area contributed by atoms with Crippen LogP contribution in [0, 0.1) is 16.7 Å². The van der Waals surface area contributed by atoms with Crippen molar-refractivity contribution in [2.24, 2.45) is 11.8 Å². The van der Waals surface area contributed by atoms with Gasteiger partial charge in [-0.25, -0.2) is 0 Å². The number of cyclic esters (lactones) is 1. The fraction of sp³-hybridized carbons (Fsp3) is 0.514. The molecule has 3 fully saturated rings. The smallest absolute Gasteiger partial charge is 0.310 e. The zero-order valence-corrected chi connectivity index (χ0v) is 29.0. The molecule has 0 radical (unpaired) electrons. The molecule has 3 N–H and O–H groups in total. The van der Waals surface area contributed by atoms with Crippen LogP contribution in [0.4, 0.5) is 5.00 Å². The van der Waals surface area contributed by atoms with Gasteiger partial charge in [0.05, 0.1) is 44.3 Å². The van der Waals surface area contributed by atoms with Gasteiger partial charge in [0.25, 0.3) is 0 Å². The second-order valence-electron chi connectivity index (χ2n) is 13.0. The minimum Gasteiger partial charge on any atom is -0.493 e. The summed E-state index contributed by atoms with van der Waals surface area (Å²) in [7, 11) is 3.03. The summed E-state index contributed by atoms with van der Waals surface area (Å²) in [4.78, 5) is 25.7. The number of aliphatic hydroxyl groups is 2. The number of hydrogen-bond acceptors (Lipinski definition) is 15. The van der Waals surface area contributed by atoms with Crippen molar-refractivity contribution < 1.29 is 67.6 Å². The van der Waals surface area contributed by atoms with Crippen LogP contribution in [0.15, 0.2) is 36.4 Å². The molecule has 8 rings (SSSR count). The average Bonchev–Trinajstić information content (AvgIpc) is 3.90. The van der Waals surface area contributed by atoms with Gasteiger partial charge >= 0.3 is 11.0 Å². The molecular weight excluding hydrogens is 690 g/mol. The lowest BCUT2D eigenvalue weighted by molar-refractivity contribution is -0.374. The zero-order chi connectivity index (χ0) is 35.6. The molecule has 0 bridgehead atoms. The van der Waals surface area contributed by atoms with Gasteiger partial charge in [-0.1, -0.05) is 11.3 Å². The highest BCUT2D eigenvalue weighted by Gasteiger charge is 2.56. The number of carbonyl (C=O) groups excluding carboxylic acids is 1. The standard InChI is InChI=1S/C35H37NO14S/c1-14(25-5-6-26(36-40)51-25)47-32-22(41-3)7-16(8-23(32)42-4)27-17-9-20-21(46-13-45-20)10-18(17)31(19-11-44-34(39)28(19)27)50-35-30(38)29(37)33-24(49-35)12-43-15(2)48-33/h5-10,14-15,19,24,27-31,33,35,37-38H,11-13H2,1-4H3/p+1/t14?,15?,19-,24?,27+,28-,29?,30?,31+,33?,35?/m0/s1. The Bertz CT molecular complexity index is 1790. The maximum absolute atomic E-state index is 13.7. The predicted molar refractivity (Wildman–Crippen MR) is 174 cm³/mol. The van der Waals surface area contributed by atoms with Crippen LogP contribution < -0.4 is 28.9 Å². The van der Waals surface area contributed by atoms with E-state index >= 15 is 0 Å². The first-order valence-electron chi connectivity index (χ1n) is 16.6. The Balaban J connectivity index is 1.18. The van der Waals surface area contributed by atoms with E-state index in [4.69, 9.17) is 47.4 Å². The Morgan fingerprint density at radius 1 is 0.941 bits per heavy atom. The number of esters is 1. The number of nitroso groups, excluding NO2 is 1. The number of aliphatic hydroxyl groups excluding tert-OH is 2. The molecular formula is C35H38NO14S+. The van der Waals surface area contributed by atoms with Crippen LogP contribution in [0.25, 0.3) is 0 Å². The fourth-order valence-corrected chi connectivity index (χ4v) is 8.48. The lowest BCUT2D eigenvalue weighted by Crippen LogP contribution is -2.63. The van der Waals surface area contributed by atoms with Gasteiger partial charge in [0.15, 0.2) is 35.6 Å². The molecule has 3 saturated heterocycles. The summed E-state index contributed by atoms with van der Waals surface area (Å²) >= 11 is 1.28. The Labute approximate surface area is 296 Å². The normalized spacial score (nSPS) is 32.6. The molecule has 11 atom stereocenters. The average molecular weight is 729 g/mol. The SMILES string of the molecule is COc1cc([C@@H]2c3cc4c(cc3[C@@H](OC3OC5COC(C)OC5C(O)C3O)[C@H]3COC(=O)[C@H]23)OCO4)cc(OC)c1OC(C)c1ccc([NH+]=O)s1. The van der Waals surface area contributed by atoms with Crippen LogP contribution in [0.2, 0.25) is 0 Å². The van der Waals surface area contributed by atoms with Gasteiger partial charge in [0, 0.05) is 28.0 Å². The van der Waals surface area contributed by atoms with Crippen LogP contribution in [-0.4, -0.2) is 87.4 Å². The van der Waals surface area contributed by atoms with E-state index in [-0.39, 0.29) is 20.0 Å². The summed E-state index contributed by atoms with van der Waals surface area (Å²) in [6.07, 6.45) is -7.37. The predicted octanol–water partition coefficient (Wildman–Crippen LogP) is 2.31.